The molecule has 0 radical (unpaired) electrons. The summed E-state index contributed by atoms with van der Waals surface area (Å²) < 4.78 is 6.39. The Morgan fingerprint density at radius 1 is 1.50 bits per heavy atom. The Balaban J connectivity index is 2.35. The van der Waals surface area contributed by atoms with Gasteiger partial charge < -0.3 is 9.73 Å². The van der Waals surface area contributed by atoms with Crippen LogP contribution in [-0.4, -0.2) is 16.5 Å². The van der Waals surface area contributed by atoms with Gasteiger partial charge in [0.15, 0.2) is 0 Å². The Labute approximate surface area is 102 Å². The number of hydrogen-bond donors (Lipinski definition) is 1. The third-order valence-electron chi connectivity index (χ3n) is 2.19. The average molecular weight is 282 g/mol. The standard InChI is InChI=1S/C11H12BrN3O/c1-2-14-10(9-7-13-4-5-15-9)11-8(12)3-6-16-11/h3-7,10,14H,2H2,1H3. The molecule has 0 spiro atoms. The minimum absolute atomic E-state index is 0.0666. The number of hydrogen-bond acceptors (Lipinski definition) is 4. The van der Waals surface area contributed by atoms with Crippen LogP contribution in [0.5, 0.6) is 0 Å². The van der Waals surface area contributed by atoms with Crippen LogP contribution >= 0.6 is 15.9 Å². The first-order chi connectivity index (χ1) is 7.83. The Hall–Kier alpha value is -1.20. The van der Waals surface area contributed by atoms with Gasteiger partial charge in [-0.15, -0.1) is 0 Å². The van der Waals surface area contributed by atoms with Crippen molar-refractivity contribution in [3.8, 4) is 0 Å². The zero-order valence-electron chi connectivity index (χ0n) is 8.85. The summed E-state index contributed by atoms with van der Waals surface area (Å²) in [5, 5.41) is 3.32. The van der Waals surface area contributed by atoms with Crippen molar-refractivity contribution < 1.29 is 4.42 Å². The lowest BCUT2D eigenvalue weighted by Crippen LogP contribution is -2.22. The smallest absolute Gasteiger partial charge is 0.141 e. The van der Waals surface area contributed by atoms with Gasteiger partial charge in [-0.25, -0.2) is 0 Å². The van der Waals surface area contributed by atoms with Crippen molar-refractivity contribution in [1.82, 2.24) is 15.3 Å². The zero-order chi connectivity index (χ0) is 11.4. The lowest BCUT2D eigenvalue weighted by Gasteiger charge is -2.14. The van der Waals surface area contributed by atoms with Gasteiger partial charge in [-0.2, -0.15) is 0 Å². The summed E-state index contributed by atoms with van der Waals surface area (Å²) in [4.78, 5) is 8.36. The van der Waals surface area contributed by atoms with Crippen LogP contribution in [0, 0.1) is 0 Å². The first kappa shape index (κ1) is 11.3. The maximum Gasteiger partial charge on any atom is 0.141 e. The predicted molar refractivity (Wildman–Crippen MR) is 64.0 cm³/mol. The normalized spacial score (nSPS) is 12.6. The summed E-state index contributed by atoms with van der Waals surface area (Å²) in [7, 11) is 0. The maximum absolute atomic E-state index is 5.46. The highest BCUT2D eigenvalue weighted by Crippen LogP contribution is 2.27. The second kappa shape index (κ2) is 5.23. The van der Waals surface area contributed by atoms with Gasteiger partial charge in [-0.3, -0.25) is 9.97 Å². The molecule has 0 aliphatic heterocycles. The van der Waals surface area contributed by atoms with Crippen LogP contribution in [0.1, 0.15) is 24.4 Å². The number of rotatable bonds is 4. The molecule has 2 aromatic rings. The van der Waals surface area contributed by atoms with Gasteiger partial charge >= 0.3 is 0 Å². The van der Waals surface area contributed by atoms with Gasteiger partial charge in [-0.1, -0.05) is 6.92 Å². The zero-order valence-corrected chi connectivity index (χ0v) is 10.4. The van der Waals surface area contributed by atoms with Gasteiger partial charge in [-0.05, 0) is 28.5 Å². The first-order valence-corrected chi connectivity index (χ1v) is 5.84. The second-order valence-electron chi connectivity index (χ2n) is 3.25. The van der Waals surface area contributed by atoms with Crippen molar-refractivity contribution in [2.45, 2.75) is 13.0 Å². The van der Waals surface area contributed by atoms with Gasteiger partial charge in [0.1, 0.15) is 11.8 Å². The van der Waals surface area contributed by atoms with Crippen LogP contribution < -0.4 is 5.32 Å². The molecule has 4 nitrogen and oxygen atoms in total. The van der Waals surface area contributed by atoms with Crippen molar-refractivity contribution >= 4 is 15.9 Å². The Morgan fingerprint density at radius 3 is 2.94 bits per heavy atom. The van der Waals surface area contributed by atoms with Crippen molar-refractivity contribution in [1.29, 1.82) is 0 Å². The molecule has 2 rings (SSSR count). The van der Waals surface area contributed by atoms with Crippen LogP contribution in [0.4, 0.5) is 0 Å². The molecule has 2 aromatic heterocycles. The van der Waals surface area contributed by atoms with E-state index in [2.05, 4.69) is 31.2 Å². The van der Waals surface area contributed by atoms with Crippen LogP contribution in [0.3, 0.4) is 0 Å². The molecule has 0 saturated heterocycles. The maximum atomic E-state index is 5.46. The van der Waals surface area contributed by atoms with Gasteiger partial charge in [0, 0.05) is 12.4 Å². The van der Waals surface area contributed by atoms with E-state index in [1.165, 1.54) is 0 Å². The van der Waals surface area contributed by atoms with Crippen LogP contribution in [0.2, 0.25) is 0 Å². The SMILES string of the molecule is CCNC(c1cnccn1)c1occc1Br. The highest BCUT2D eigenvalue weighted by Gasteiger charge is 2.20. The second-order valence-corrected chi connectivity index (χ2v) is 4.11. The Morgan fingerprint density at radius 2 is 2.38 bits per heavy atom. The van der Waals surface area contributed by atoms with E-state index in [1.54, 1.807) is 24.9 Å². The average Bonchev–Trinajstić information content (AvgIpc) is 2.73. The van der Waals surface area contributed by atoms with E-state index < -0.39 is 0 Å². The molecule has 0 aliphatic carbocycles. The number of halogens is 1. The quantitative estimate of drug-likeness (QED) is 0.936. The largest absolute Gasteiger partial charge is 0.466 e. The molecule has 1 atom stereocenters. The molecule has 2 heterocycles. The minimum atomic E-state index is -0.0666. The molecular weight excluding hydrogens is 270 g/mol. The first-order valence-electron chi connectivity index (χ1n) is 5.05. The summed E-state index contributed by atoms with van der Waals surface area (Å²) in [6.45, 7) is 2.87. The van der Waals surface area contributed by atoms with Crippen molar-refractivity contribution in [3.05, 3.63) is 46.8 Å². The van der Waals surface area contributed by atoms with Crippen molar-refractivity contribution in [2.24, 2.45) is 0 Å². The number of furan rings is 1. The van der Waals surface area contributed by atoms with E-state index in [1.807, 2.05) is 13.0 Å². The lowest BCUT2D eigenvalue weighted by molar-refractivity contribution is 0.444. The minimum Gasteiger partial charge on any atom is -0.466 e. The molecule has 1 unspecified atom stereocenters. The molecule has 1 N–H and O–H groups in total. The molecule has 0 fully saturated rings. The number of nitrogens with zero attached hydrogens (tertiary/aromatic N) is 2. The van der Waals surface area contributed by atoms with Crippen LogP contribution in [-0.2, 0) is 0 Å². The van der Waals surface area contributed by atoms with E-state index in [-0.39, 0.29) is 6.04 Å². The third-order valence-corrected chi connectivity index (χ3v) is 2.85. The van der Waals surface area contributed by atoms with Gasteiger partial charge in [0.25, 0.3) is 0 Å². The Kier molecular flexibility index (Phi) is 3.69. The fraction of sp³-hybridized carbons (Fsp3) is 0.273. The van der Waals surface area contributed by atoms with E-state index in [0.717, 1.165) is 22.5 Å². The van der Waals surface area contributed by atoms with Crippen LogP contribution in [0.25, 0.3) is 0 Å². The highest BCUT2D eigenvalue weighted by atomic mass is 79.9. The molecule has 5 heteroatoms. The van der Waals surface area contributed by atoms with Crippen molar-refractivity contribution in [3.63, 3.8) is 0 Å². The summed E-state index contributed by atoms with van der Waals surface area (Å²) in [6, 6.07) is 1.80. The molecule has 0 bridgehead atoms. The number of nitrogens with one attached hydrogen (secondary N) is 1. The summed E-state index contributed by atoms with van der Waals surface area (Å²) in [6.07, 6.45) is 6.72. The molecule has 84 valence electrons. The van der Waals surface area contributed by atoms with Crippen LogP contribution in [0.15, 0.2) is 39.8 Å². The fourth-order valence-electron chi connectivity index (χ4n) is 1.51. The predicted octanol–water partition coefficient (Wildman–Crippen LogP) is 2.53. The van der Waals surface area contributed by atoms with Gasteiger partial charge in [0.2, 0.25) is 0 Å². The van der Waals surface area contributed by atoms with E-state index in [0.29, 0.717) is 0 Å². The summed E-state index contributed by atoms with van der Waals surface area (Å²) >= 11 is 3.45. The van der Waals surface area contributed by atoms with E-state index >= 15 is 0 Å². The van der Waals surface area contributed by atoms with E-state index in [4.69, 9.17) is 4.42 Å². The monoisotopic (exact) mass is 281 g/mol. The summed E-state index contributed by atoms with van der Waals surface area (Å²) in [5.41, 5.74) is 0.847. The third kappa shape index (κ3) is 2.31. The summed E-state index contributed by atoms with van der Waals surface area (Å²) in [5.74, 6) is 0.822. The molecule has 0 aromatic carbocycles. The Bertz CT molecular complexity index is 444. The van der Waals surface area contributed by atoms with Gasteiger partial charge in [0.05, 0.1) is 22.6 Å². The fourth-order valence-corrected chi connectivity index (χ4v) is 1.94. The van der Waals surface area contributed by atoms with E-state index in [9.17, 15) is 0 Å². The topological polar surface area (TPSA) is 51.0 Å². The van der Waals surface area contributed by atoms with Crippen molar-refractivity contribution in [2.75, 3.05) is 6.54 Å². The molecule has 16 heavy (non-hydrogen) atoms. The number of aromatic nitrogens is 2. The molecule has 0 aliphatic rings. The highest BCUT2D eigenvalue weighted by molar-refractivity contribution is 9.10. The molecule has 0 amide bonds. The molecule has 0 saturated carbocycles. The molecular formula is C11H12BrN3O. The lowest BCUT2D eigenvalue weighted by atomic mass is 10.1.